The average molecular weight is 1020 g/mol. The Morgan fingerprint density at radius 3 is 2.46 bits per heavy atom. The van der Waals surface area contributed by atoms with Gasteiger partial charge in [-0.2, -0.15) is 13.0 Å². The Morgan fingerprint density at radius 1 is 0.900 bits per heavy atom. The summed E-state index contributed by atoms with van der Waals surface area (Å²) < 4.78 is 53.9. The number of para-hydroxylation sites is 2. The van der Waals surface area contributed by atoms with Gasteiger partial charge >= 0.3 is 0 Å². The summed E-state index contributed by atoms with van der Waals surface area (Å²) in [5, 5.41) is 4.54. The average Bonchev–Trinajstić information content (AvgIpc) is 3.50. The van der Waals surface area contributed by atoms with Gasteiger partial charge in [0.15, 0.2) is 17.6 Å². The Morgan fingerprint density at radius 2 is 1.66 bits per heavy atom. The second-order valence-corrected chi connectivity index (χ2v) is 24.6. The molecule has 8 atom stereocenters. The minimum Gasteiger partial charge on any atom is -0.441 e. The van der Waals surface area contributed by atoms with Gasteiger partial charge in [-0.15, -0.1) is 0 Å². The van der Waals surface area contributed by atoms with Crippen molar-refractivity contribution in [3.05, 3.63) is 106 Å². The molecule has 380 valence electrons. The van der Waals surface area contributed by atoms with Crippen LogP contribution in [0.5, 0.6) is 0 Å². The van der Waals surface area contributed by atoms with Crippen molar-refractivity contribution in [1.82, 2.24) is 5.32 Å². The van der Waals surface area contributed by atoms with E-state index in [4.69, 9.17) is 47.8 Å². The third-order valence-electron chi connectivity index (χ3n) is 16.9. The normalized spacial score (nSPS) is 32.1. The number of benzene rings is 2. The highest BCUT2D eigenvalue weighted by Crippen LogP contribution is 2.61. The molecule has 10 rings (SSSR count). The van der Waals surface area contributed by atoms with Crippen molar-refractivity contribution in [2.45, 2.75) is 167 Å². The first-order valence-electron chi connectivity index (χ1n) is 26.0. The number of anilines is 1. The van der Waals surface area contributed by atoms with Crippen LogP contribution < -0.4 is 10.2 Å². The van der Waals surface area contributed by atoms with Crippen LogP contribution in [0.3, 0.4) is 0 Å². The van der Waals surface area contributed by atoms with Crippen molar-refractivity contribution >= 4 is 56.2 Å². The van der Waals surface area contributed by atoms with Crippen LogP contribution in [-0.4, -0.2) is 77.8 Å². The molecule has 2 aliphatic carbocycles. The number of thiocarbonyl (C=S) groups is 1. The van der Waals surface area contributed by atoms with Crippen LogP contribution in [0.2, 0.25) is 0 Å². The van der Waals surface area contributed by atoms with Crippen molar-refractivity contribution in [3.63, 3.8) is 0 Å². The molecule has 1 saturated carbocycles. The van der Waals surface area contributed by atoms with Crippen LogP contribution in [0.1, 0.15) is 143 Å². The van der Waals surface area contributed by atoms with Crippen LogP contribution in [0, 0.1) is 23.7 Å². The number of nitrogens with one attached hydrogen (secondary N) is 1. The molecule has 8 aliphatic rings. The molecule has 2 bridgehead atoms. The summed E-state index contributed by atoms with van der Waals surface area (Å²) in [7, 11) is -4.00. The highest BCUT2D eigenvalue weighted by molar-refractivity contribution is 7.85. The van der Waals surface area contributed by atoms with E-state index >= 15 is 0 Å². The van der Waals surface area contributed by atoms with E-state index < -0.39 is 34.1 Å². The van der Waals surface area contributed by atoms with E-state index in [1.165, 1.54) is 22.5 Å². The zero-order chi connectivity index (χ0) is 49.6. The second kappa shape index (κ2) is 20.5. The molecule has 1 spiro atoms. The predicted molar refractivity (Wildman–Crippen MR) is 281 cm³/mol. The lowest BCUT2D eigenvalue weighted by Crippen LogP contribution is -2.70. The Bertz CT molecular complexity index is 2590. The SMILES string of the molecule is C[C@@H]1C(OC(=S)NCCCCCCN2/C(=C/C=C3\CCCC(/C=C/C4=[N+](CCCCS(=O)(=O)O)c5ccccc5C4(C)C)=C3Cl)C(C)(C)c3ccccc32)O[C@H]2O[C@]3(C)CC[C@@H]4[C@@H](C)CC[C@H]1[C@]24OO3. The lowest BCUT2D eigenvalue weighted by molar-refractivity contribution is -0.576. The van der Waals surface area contributed by atoms with Gasteiger partial charge in [0.1, 0.15) is 6.54 Å². The first-order valence-corrected chi connectivity index (χ1v) is 28.4. The third-order valence-corrected chi connectivity index (χ3v) is 18.4. The highest BCUT2D eigenvalue weighted by Gasteiger charge is 2.70. The van der Waals surface area contributed by atoms with Gasteiger partial charge in [-0.25, -0.2) is 9.78 Å². The molecule has 2 aromatic rings. The molecule has 70 heavy (non-hydrogen) atoms. The van der Waals surface area contributed by atoms with Crippen LogP contribution >= 0.6 is 23.8 Å². The monoisotopic (exact) mass is 1020 g/mol. The Kier molecular flexibility index (Phi) is 15.1. The summed E-state index contributed by atoms with van der Waals surface area (Å²) >= 11 is 13.0. The minimum atomic E-state index is -4.00. The van der Waals surface area contributed by atoms with Gasteiger partial charge in [-0.1, -0.05) is 101 Å². The van der Waals surface area contributed by atoms with Gasteiger partial charge in [0.25, 0.3) is 15.3 Å². The van der Waals surface area contributed by atoms with Gasteiger partial charge < -0.3 is 24.4 Å². The quantitative estimate of drug-likeness (QED) is 0.0550. The summed E-state index contributed by atoms with van der Waals surface area (Å²) in [6.45, 7) is 17.9. The van der Waals surface area contributed by atoms with Gasteiger partial charge in [0.05, 0.1) is 11.2 Å². The lowest BCUT2D eigenvalue weighted by atomic mass is 9.58. The zero-order valence-electron chi connectivity index (χ0n) is 42.3. The number of unbranched alkanes of at least 4 members (excludes halogenated alkanes) is 4. The molecule has 2 aromatic carbocycles. The number of hydrogen-bond acceptors (Lipinski definition) is 9. The first kappa shape index (κ1) is 51.5. The molecule has 1 unspecified atom stereocenters. The van der Waals surface area contributed by atoms with E-state index in [9.17, 15) is 13.0 Å². The van der Waals surface area contributed by atoms with Crippen molar-refractivity contribution in [2.24, 2.45) is 23.7 Å². The number of hydrogen-bond donors (Lipinski definition) is 2. The molecule has 5 fully saturated rings. The van der Waals surface area contributed by atoms with Gasteiger partial charge in [0.2, 0.25) is 17.8 Å². The van der Waals surface area contributed by atoms with E-state index in [1.807, 2.05) is 13.0 Å². The van der Waals surface area contributed by atoms with E-state index in [2.05, 4.69) is 123 Å². The summed E-state index contributed by atoms with van der Waals surface area (Å²) in [6.07, 6.45) is 19.8. The number of ether oxygens (including phenoxy) is 3. The van der Waals surface area contributed by atoms with Crippen LogP contribution in [0.25, 0.3) is 0 Å². The topological polar surface area (TPSA) is 119 Å². The Balaban J connectivity index is 0.813. The smallest absolute Gasteiger partial charge is 0.264 e. The fourth-order valence-corrected chi connectivity index (χ4v) is 14.1. The number of halogens is 1. The maximum atomic E-state index is 11.4. The summed E-state index contributed by atoms with van der Waals surface area (Å²) in [5.74, 6) is -0.0186. The highest BCUT2D eigenvalue weighted by atomic mass is 35.5. The molecule has 14 heteroatoms. The van der Waals surface area contributed by atoms with Gasteiger partial charge in [-0.3, -0.25) is 4.55 Å². The molecule has 6 heterocycles. The second-order valence-electron chi connectivity index (χ2n) is 22.3. The molecular formula is C56H75ClN3O8S2+. The van der Waals surface area contributed by atoms with Crippen molar-refractivity contribution in [2.75, 3.05) is 30.3 Å². The molecule has 0 amide bonds. The minimum absolute atomic E-state index is 0.0567. The van der Waals surface area contributed by atoms with Crippen LogP contribution in [0.15, 0.2) is 94.7 Å². The van der Waals surface area contributed by atoms with Gasteiger partial charge in [0, 0.05) is 77.3 Å². The predicted octanol–water partition coefficient (Wildman–Crippen LogP) is 12.2. The molecule has 4 saturated heterocycles. The number of rotatable bonds is 16. The van der Waals surface area contributed by atoms with Crippen LogP contribution in [-0.2, 0) is 44.9 Å². The summed E-state index contributed by atoms with van der Waals surface area (Å²) in [5.41, 5.74) is 8.63. The number of allylic oxidation sites excluding steroid dienone is 8. The number of fused-ring (bicyclic) bond motifs is 4. The standard InChI is InChI=1S/C56H74ClN3O8S2/c1-37-25-28-42-38(2)50(64-51-56(42)41(37)31-32-55(7,66-51)67-68-56)65-52(69)58-33-14-8-9-15-34-59-45-23-12-10-21-43(45)53(3,4)47(59)29-26-39-19-18-20-40(49(39)57)27-30-48-54(5,6)44-22-11-13-24-46(44)60(48)35-16-17-36-70(61,62)63/h10-13,21-24,26-27,29-30,37-38,41-42,50-51H,8-9,14-20,25,28,31-36H2,1-7H3,(H-,58,61,62,63,69)/p+1/t37-,38-,41+,42+,50?,51-,55-,56-/m0/s1. The molecule has 2 N–H and O–H groups in total. The molecule has 6 aliphatic heterocycles. The number of nitrogens with zero attached hydrogens (tertiary/aromatic N) is 2. The first-order chi connectivity index (χ1) is 33.3. The van der Waals surface area contributed by atoms with E-state index in [0.717, 1.165) is 111 Å². The fourth-order valence-electron chi connectivity index (χ4n) is 13.0. The van der Waals surface area contributed by atoms with E-state index in [1.54, 1.807) is 0 Å². The zero-order valence-corrected chi connectivity index (χ0v) is 44.7. The largest absolute Gasteiger partial charge is 0.441 e. The van der Waals surface area contributed by atoms with Crippen molar-refractivity contribution in [3.8, 4) is 0 Å². The van der Waals surface area contributed by atoms with Crippen molar-refractivity contribution in [1.29, 1.82) is 0 Å². The third kappa shape index (κ3) is 10.0. The molecular weight excluding hydrogens is 942 g/mol. The molecule has 0 radical (unpaired) electrons. The Hall–Kier alpha value is -3.40. The van der Waals surface area contributed by atoms with E-state index in [0.29, 0.717) is 36.4 Å². The summed E-state index contributed by atoms with van der Waals surface area (Å²) in [4.78, 5) is 14.8. The maximum absolute atomic E-state index is 11.4. The summed E-state index contributed by atoms with van der Waals surface area (Å²) in [6, 6.07) is 17.2. The maximum Gasteiger partial charge on any atom is 0.264 e. The van der Waals surface area contributed by atoms with Crippen LogP contribution in [0.4, 0.5) is 11.4 Å². The Labute approximate surface area is 427 Å². The van der Waals surface area contributed by atoms with E-state index in [-0.39, 0.29) is 28.4 Å². The van der Waals surface area contributed by atoms with Gasteiger partial charge in [-0.05, 0) is 131 Å². The molecule has 0 aromatic heterocycles. The lowest BCUT2D eigenvalue weighted by Gasteiger charge is -2.60. The van der Waals surface area contributed by atoms with Crippen molar-refractivity contribution < 1.29 is 41.5 Å². The molecule has 11 nitrogen and oxygen atoms in total. The fraction of sp³-hybridized carbons (Fsp3) is 0.607.